The Bertz CT molecular complexity index is 338. The third kappa shape index (κ3) is 9.46. The normalized spacial score (nSPS) is 10.8. The van der Waals surface area contributed by atoms with Crippen LogP contribution in [0.1, 0.15) is 76.8 Å². The van der Waals surface area contributed by atoms with Crippen molar-refractivity contribution in [3.8, 4) is 5.75 Å². The van der Waals surface area contributed by atoms with Gasteiger partial charge in [-0.15, -0.1) is 0 Å². The van der Waals surface area contributed by atoms with E-state index in [1.165, 1.54) is 57.8 Å². The molecule has 0 bridgehead atoms. The van der Waals surface area contributed by atoms with Crippen molar-refractivity contribution < 1.29 is 9.84 Å². The second-order valence-corrected chi connectivity index (χ2v) is 5.67. The van der Waals surface area contributed by atoms with Crippen LogP contribution < -0.4 is 4.74 Å². The molecule has 0 unspecified atom stereocenters. The van der Waals surface area contributed by atoms with E-state index in [1.54, 1.807) is 12.3 Å². The molecule has 120 valence electrons. The van der Waals surface area contributed by atoms with Crippen molar-refractivity contribution in [2.75, 3.05) is 6.61 Å². The maximum Gasteiger partial charge on any atom is 0.137 e. The molecule has 3 nitrogen and oxygen atoms in total. The first-order chi connectivity index (χ1) is 10.4. The van der Waals surface area contributed by atoms with Crippen LogP contribution >= 0.6 is 0 Å². The molecule has 0 saturated carbocycles. The number of unbranched alkanes of at least 4 members (excludes halogenated alkanes) is 9. The fraction of sp³-hybridized carbons (Fsp3) is 0.722. The number of rotatable bonds is 13. The monoisotopic (exact) mass is 293 g/mol. The lowest BCUT2D eigenvalue weighted by atomic mass is 10.1. The number of nitrogens with zero attached hydrogens (tertiary/aromatic N) is 1. The molecule has 1 rings (SSSR count). The van der Waals surface area contributed by atoms with E-state index in [-0.39, 0.29) is 6.61 Å². The van der Waals surface area contributed by atoms with Gasteiger partial charge in [0, 0.05) is 0 Å². The van der Waals surface area contributed by atoms with Gasteiger partial charge in [-0.25, -0.2) is 0 Å². The van der Waals surface area contributed by atoms with Crippen LogP contribution in [0.5, 0.6) is 5.75 Å². The van der Waals surface area contributed by atoms with Crippen LogP contribution in [0, 0.1) is 0 Å². The van der Waals surface area contributed by atoms with Crippen molar-refractivity contribution in [3.05, 3.63) is 24.0 Å². The second-order valence-electron chi connectivity index (χ2n) is 5.67. The van der Waals surface area contributed by atoms with Crippen LogP contribution in [-0.2, 0) is 6.61 Å². The van der Waals surface area contributed by atoms with E-state index in [1.807, 2.05) is 6.07 Å². The Balaban J connectivity index is 1.88. The minimum atomic E-state index is -0.0152. The summed E-state index contributed by atoms with van der Waals surface area (Å²) < 4.78 is 5.63. The van der Waals surface area contributed by atoms with E-state index in [0.717, 1.165) is 18.8 Å². The van der Waals surface area contributed by atoms with Gasteiger partial charge < -0.3 is 9.84 Å². The third-order valence-electron chi connectivity index (χ3n) is 3.73. The van der Waals surface area contributed by atoms with Crippen molar-refractivity contribution in [3.63, 3.8) is 0 Å². The number of aromatic nitrogens is 1. The van der Waals surface area contributed by atoms with Gasteiger partial charge >= 0.3 is 0 Å². The van der Waals surface area contributed by atoms with Crippen LogP contribution in [0.2, 0.25) is 0 Å². The number of hydrogen-bond donors (Lipinski definition) is 1. The molecule has 0 aromatic carbocycles. The number of pyridine rings is 1. The standard InChI is InChI=1S/C18H31NO2/c1-2-3-4-5-6-7-8-9-10-11-14-21-18-13-12-17(16-20)19-15-18/h12-13,15,20H,2-11,14,16H2,1H3. The SMILES string of the molecule is CCCCCCCCCCCCOc1ccc(CO)nc1. The lowest BCUT2D eigenvalue weighted by molar-refractivity contribution is 0.275. The summed E-state index contributed by atoms with van der Waals surface area (Å²) in [5, 5.41) is 8.90. The molecule has 1 aromatic heterocycles. The minimum Gasteiger partial charge on any atom is -0.492 e. The Morgan fingerprint density at radius 2 is 1.52 bits per heavy atom. The Morgan fingerprint density at radius 1 is 0.905 bits per heavy atom. The summed E-state index contributed by atoms with van der Waals surface area (Å²) in [5.74, 6) is 0.795. The Kier molecular flexibility index (Phi) is 10.8. The van der Waals surface area contributed by atoms with E-state index in [0.29, 0.717) is 5.69 Å². The van der Waals surface area contributed by atoms with Gasteiger partial charge in [0.15, 0.2) is 0 Å². The maximum absolute atomic E-state index is 8.90. The minimum absolute atomic E-state index is 0.0152. The fourth-order valence-corrected chi connectivity index (χ4v) is 2.37. The molecule has 0 aliphatic rings. The number of ether oxygens (including phenoxy) is 1. The summed E-state index contributed by atoms with van der Waals surface area (Å²) in [4.78, 5) is 4.09. The average Bonchev–Trinajstić information content (AvgIpc) is 2.53. The summed E-state index contributed by atoms with van der Waals surface area (Å²) in [6.07, 6.45) is 15.1. The highest BCUT2D eigenvalue weighted by atomic mass is 16.5. The summed E-state index contributed by atoms with van der Waals surface area (Å²) in [5.41, 5.74) is 0.682. The van der Waals surface area contributed by atoms with Gasteiger partial charge in [0.2, 0.25) is 0 Å². The van der Waals surface area contributed by atoms with Gasteiger partial charge in [0.25, 0.3) is 0 Å². The summed E-state index contributed by atoms with van der Waals surface area (Å²) in [6.45, 7) is 3.01. The van der Waals surface area contributed by atoms with E-state index < -0.39 is 0 Å². The van der Waals surface area contributed by atoms with Crippen molar-refractivity contribution in [1.82, 2.24) is 4.98 Å². The molecule has 0 aliphatic carbocycles. The van der Waals surface area contributed by atoms with E-state index in [9.17, 15) is 0 Å². The summed E-state index contributed by atoms with van der Waals surface area (Å²) in [7, 11) is 0. The summed E-state index contributed by atoms with van der Waals surface area (Å²) >= 11 is 0. The first-order valence-electron chi connectivity index (χ1n) is 8.55. The first-order valence-corrected chi connectivity index (χ1v) is 8.55. The zero-order valence-corrected chi connectivity index (χ0v) is 13.5. The number of hydrogen-bond acceptors (Lipinski definition) is 3. The van der Waals surface area contributed by atoms with Crippen LogP contribution in [0.3, 0.4) is 0 Å². The lowest BCUT2D eigenvalue weighted by Gasteiger charge is -2.06. The molecule has 1 N–H and O–H groups in total. The molecule has 0 spiro atoms. The van der Waals surface area contributed by atoms with Crippen LogP contribution in [0.15, 0.2) is 18.3 Å². The van der Waals surface area contributed by atoms with Crippen molar-refractivity contribution >= 4 is 0 Å². The molecule has 0 aliphatic heterocycles. The molecule has 1 heterocycles. The van der Waals surface area contributed by atoms with Crippen molar-refractivity contribution in [1.29, 1.82) is 0 Å². The third-order valence-corrected chi connectivity index (χ3v) is 3.73. The topological polar surface area (TPSA) is 42.4 Å². The largest absolute Gasteiger partial charge is 0.492 e. The maximum atomic E-state index is 8.90. The number of aliphatic hydroxyl groups excluding tert-OH is 1. The Hall–Kier alpha value is -1.09. The average molecular weight is 293 g/mol. The zero-order chi connectivity index (χ0) is 15.2. The quantitative estimate of drug-likeness (QED) is 0.527. The predicted octanol–water partition coefficient (Wildman–Crippen LogP) is 4.87. The van der Waals surface area contributed by atoms with Crippen LogP contribution in [-0.4, -0.2) is 16.7 Å². The van der Waals surface area contributed by atoms with Crippen molar-refractivity contribution in [2.45, 2.75) is 77.7 Å². The molecule has 0 amide bonds. The Morgan fingerprint density at radius 3 is 2.05 bits per heavy atom. The zero-order valence-electron chi connectivity index (χ0n) is 13.5. The van der Waals surface area contributed by atoms with Gasteiger partial charge in [-0.1, -0.05) is 64.7 Å². The molecule has 0 atom stereocenters. The highest BCUT2D eigenvalue weighted by Gasteiger charge is 1.96. The number of aliphatic hydroxyl groups is 1. The molecule has 0 radical (unpaired) electrons. The predicted molar refractivity (Wildman–Crippen MR) is 87.5 cm³/mol. The van der Waals surface area contributed by atoms with Gasteiger partial charge in [0.05, 0.1) is 25.1 Å². The molecule has 0 saturated heterocycles. The summed E-state index contributed by atoms with van der Waals surface area (Å²) in [6, 6.07) is 3.67. The smallest absolute Gasteiger partial charge is 0.137 e. The van der Waals surface area contributed by atoms with Gasteiger partial charge in [0.1, 0.15) is 5.75 Å². The van der Waals surface area contributed by atoms with Crippen LogP contribution in [0.4, 0.5) is 0 Å². The highest BCUT2D eigenvalue weighted by Crippen LogP contribution is 2.12. The lowest BCUT2D eigenvalue weighted by Crippen LogP contribution is -1.98. The molecule has 1 aromatic rings. The van der Waals surface area contributed by atoms with E-state index in [2.05, 4.69) is 11.9 Å². The van der Waals surface area contributed by atoms with Gasteiger partial charge in [-0.05, 0) is 18.6 Å². The second kappa shape index (κ2) is 12.6. The first kappa shape index (κ1) is 18.0. The highest BCUT2D eigenvalue weighted by molar-refractivity contribution is 5.19. The van der Waals surface area contributed by atoms with Gasteiger partial charge in [-0.2, -0.15) is 0 Å². The molecular weight excluding hydrogens is 262 g/mol. The fourth-order valence-electron chi connectivity index (χ4n) is 2.37. The molecule has 0 fully saturated rings. The van der Waals surface area contributed by atoms with E-state index >= 15 is 0 Å². The molecule has 3 heteroatoms. The van der Waals surface area contributed by atoms with E-state index in [4.69, 9.17) is 9.84 Å². The van der Waals surface area contributed by atoms with Crippen LogP contribution in [0.25, 0.3) is 0 Å². The molecular formula is C18H31NO2. The van der Waals surface area contributed by atoms with Crippen molar-refractivity contribution in [2.24, 2.45) is 0 Å². The Labute approximate surface area is 129 Å². The molecule has 21 heavy (non-hydrogen) atoms. The van der Waals surface area contributed by atoms with Gasteiger partial charge in [-0.3, -0.25) is 4.98 Å².